The van der Waals surface area contributed by atoms with Crippen LogP contribution in [0.4, 0.5) is 0 Å². The number of hydrogen-bond donors (Lipinski definition) is 1. The summed E-state index contributed by atoms with van der Waals surface area (Å²) in [7, 11) is 2.33. The molecule has 0 spiro atoms. The first kappa shape index (κ1) is 70.0. The number of Topliss-reactive ketones (excluding diaryl/α,β-unsaturated/α-hetero) is 3. The van der Waals surface area contributed by atoms with Crippen molar-refractivity contribution in [3.8, 4) is 17.5 Å². The van der Waals surface area contributed by atoms with Crippen molar-refractivity contribution in [3.63, 3.8) is 0 Å². The van der Waals surface area contributed by atoms with E-state index in [2.05, 4.69) is 74.9 Å². The Balaban J connectivity index is 0.000000181. The number of aryl methyl sites for hydroxylation is 1. The Kier molecular flexibility index (Phi) is 20.3. The fourth-order valence-electron chi connectivity index (χ4n) is 12.6. The zero-order valence-electron chi connectivity index (χ0n) is 55.7. The summed E-state index contributed by atoms with van der Waals surface area (Å²) < 4.78 is 42.8. The summed E-state index contributed by atoms with van der Waals surface area (Å²) in [6.45, 7) is 22.9. The molecule has 0 unspecified atom stereocenters. The van der Waals surface area contributed by atoms with Gasteiger partial charge in [-0.2, -0.15) is 0 Å². The number of allylic oxidation sites excluding steroid dienone is 1. The summed E-state index contributed by atoms with van der Waals surface area (Å²) in [6, 6.07) is 34.3. The highest BCUT2D eigenvalue weighted by Crippen LogP contribution is 2.59. The highest BCUT2D eigenvalue weighted by Gasteiger charge is 2.69. The lowest BCUT2D eigenvalue weighted by atomic mass is 9.57. The van der Waals surface area contributed by atoms with Crippen LogP contribution in [0.1, 0.15) is 145 Å². The average Bonchev–Trinajstić information content (AvgIpc) is 1.10. The molecule has 4 aromatic heterocycles. The van der Waals surface area contributed by atoms with Gasteiger partial charge in [-0.15, -0.1) is 0 Å². The first-order chi connectivity index (χ1) is 43.9. The predicted molar refractivity (Wildman–Crippen MR) is 362 cm³/mol. The van der Waals surface area contributed by atoms with E-state index in [1.165, 1.54) is 6.08 Å². The van der Waals surface area contributed by atoms with Crippen LogP contribution in [0.15, 0.2) is 154 Å². The Bertz CT molecular complexity index is 4000. The smallest absolute Gasteiger partial charge is 0.345 e. The van der Waals surface area contributed by atoms with Crippen LogP contribution in [0.25, 0.3) is 5.76 Å². The van der Waals surface area contributed by atoms with Crippen molar-refractivity contribution in [3.05, 3.63) is 202 Å². The molecule has 0 saturated heterocycles. The summed E-state index contributed by atoms with van der Waals surface area (Å²) in [5, 5.41) is 19.4. The fourth-order valence-corrected chi connectivity index (χ4v) is 15.6. The Morgan fingerprint density at radius 2 is 1.12 bits per heavy atom. The summed E-state index contributed by atoms with van der Waals surface area (Å²) >= 11 is 0. The van der Waals surface area contributed by atoms with E-state index in [9.17, 15) is 19.5 Å². The zero-order valence-corrected chi connectivity index (χ0v) is 57.7. The van der Waals surface area contributed by atoms with E-state index in [-0.39, 0.29) is 88.6 Å². The molecule has 7 aromatic rings. The van der Waals surface area contributed by atoms with Gasteiger partial charge in [0.15, 0.2) is 45.1 Å². The summed E-state index contributed by atoms with van der Waals surface area (Å²) in [5.41, 5.74) is 1.33. The number of carbonyl (C=O) groups is 5. The number of aliphatic hydroxyl groups is 1. The van der Waals surface area contributed by atoms with Gasteiger partial charge in [-0.3, -0.25) is 38.9 Å². The highest BCUT2D eigenvalue weighted by atomic mass is 28.4. The third kappa shape index (κ3) is 13.0. The van der Waals surface area contributed by atoms with Crippen molar-refractivity contribution in [2.75, 3.05) is 28.2 Å². The minimum Gasteiger partial charge on any atom is -0.507 e. The summed E-state index contributed by atoms with van der Waals surface area (Å²) in [4.78, 5) is 82.3. The molecule has 5 aliphatic rings. The Morgan fingerprint density at radius 3 is 1.63 bits per heavy atom. The average molecular weight is 1310 g/mol. The van der Waals surface area contributed by atoms with E-state index in [1.807, 2.05) is 136 Å². The van der Waals surface area contributed by atoms with Crippen molar-refractivity contribution in [1.82, 2.24) is 30.1 Å². The van der Waals surface area contributed by atoms with Crippen LogP contribution in [-0.2, 0) is 38.1 Å². The second-order valence-electron chi connectivity index (χ2n) is 28.0. The number of aliphatic hydroxyl groups excluding tert-OH is 1. The van der Waals surface area contributed by atoms with E-state index in [4.69, 9.17) is 32.1 Å². The van der Waals surface area contributed by atoms with Gasteiger partial charge in [-0.05, 0) is 160 Å². The molecule has 1 N–H and O–H groups in total. The number of rotatable bonds is 14. The number of carbonyl (C=O) groups excluding carboxylic acids is 5. The predicted octanol–water partition coefficient (Wildman–Crippen LogP) is 14.1. The monoisotopic (exact) mass is 1310 g/mol. The number of hydrogen-bond acceptors (Lipinski definition) is 19. The molecule has 496 valence electrons. The van der Waals surface area contributed by atoms with Crippen LogP contribution in [-0.4, -0.2) is 120 Å². The SMILES string of the molecule is C.CN(C)[C@@H]1c2onc(OCc3ccccc3)c2C(=O)[C@@]2(O[Si](C)(C)C(C)(C)C)C(=O)C3=C(O)c4cccnc4C[C@H]3C[C@@H]12.CN(C)[C@@H]1c2onc(OCc3ccccc3)c2C(=O)[C@@]2(O[Si](C)(C)C(C)(C)C)C(=O)C=CC[C@@H]12.Cc1ncccc1C(=O)Oc1ccccc1. The largest absolute Gasteiger partial charge is 0.507 e. The molecule has 0 radical (unpaired) electrons. The van der Waals surface area contributed by atoms with Crippen molar-refractivity contribution >= 4 is 51.5 Å². The van der Waals surface area contributed by atoms with Crippen molar-refractivity contribution < 1.29 is 61.2 Å². The number of para-hydroxylation sites is 1. The molecule has 21 heteroatoms. The van der Waals surface area contributed by atoms with Gasteiger partial charge in [0.05, 0.1) is 29.0 Å². The van der Waals surface area contributed by atoms with Crippen molar-refractivity contribution in [2.24, 2.45) is 17.8 Å². The molecule has 0 bridgehead atoms. The molecule has 5 aliphatic carbocycles. The molecule has 4 heterocycles. The fraction of sp³-hybridized carbons (Fsp3) is 0.411. The van der Waals surface area contributed by atoms with Crippen molar-refractivity contribution in [2.45, 2.75) is 148 Å². The lowest BCUT2D eigenvalue weighted by Gasteiger charge is -2.55. The van der Waals surface area contributed by atoms with E-state index in [0.29, 0.717) is 53.4 Å². The molecular formula is C73H88N6O13Si2. The number of ketones is 4. The first-order valence-corrected chi connectivity index (χ1v) is 37.2. The van der Waals surface area contributed by atoms with Gasteiger partial charge in [-0.25, -0.2) is 4.79 Å². The third-order valence-corrected chi connectivity index (χ3v) is 28.3. The van der Waals surface area contributed by atoms with Gasteiger partial charge in [0, 0.05) is 35.4 Å². The van der Waals surface area contributed by atoms with Gasteiger partial charge >= 0.3 is 5.97 Å². The number of aromatic nitrogens is 4. The number of fused-ring (bicyclic) bond motifs is 6. The number of benzene rings is 3. The van der Waals surface area contributed by atoms with Gasteiger partial charge < -0.3 is 37.2 Å². The molecule has 0 amide bonds. The third-order valence-electron chi connectivity index (χ3n) is 19.4. The van der Waals surface area contributed by atoms with E-state index in [0.717, 1.165) is 16.8 Å². The molecular weight excluding hydrogens is 1230 g/mol. The second kappa shape index (κ2) is 27.2. The van der Waals surface area contributed by atoms with Crippen LogP contribution >= 0.6 is 0 Å². The first-order valence-electron chi connectivity index (χ1n) is 31.4. The van der Waals surface area contributed by atoms with E-state index >= 15 is 9.59 Å². The van der Waals surface area contributed by atoms with Crippen LogP contribution in [0.5, 0.6) is 17.5 Å². The quantitative estimate of drug-likeness (QED) is 0.0461. The van der Waals surface area contributed by atoms with Gasteiger partial charge in [0.25, 0.3) is 11.8 Å². The number of pyridine rings is 2. The lowest BCUT2D eigenvalue weighted by molar-refractivity contribution is -0.140. The van der Waals surface area contributed by atoms with Crippen molar-refractivity contribution in [1.29, 1.82) is 0 Å². The minimum atomic E-state index is -2.77. The molecule has 1 fully saturated rings. The topological polar surface area (TPSA) is 236 Å². The number of nitrogens with zero attached hydrogens (tertiary/aromatic N) is 6. The molecule has 94 heavy (non-hydrogen) atoms. The molecule has 3 aromatic carbocycles. The number of esters is 1. The molecule has 1 saturated carbocycles. The minimum absolute atomic E-state index is 0. The van der Waals surface area contributed by atoms with Crippen LogP contribution in [0.3, 0.4) is 0 Å². The van der Waals surface area contributed by atoms with E-state index in [1.54, 1.807) is 55.7 Å². The standard InChI is InChI=1S/C33H39N3O6Si.C26H34N2O5Si.C13H11NO2.CH4/c1-32(2,3)43(6,7)42-33-22(16-20-17-23-21(14-11-15-34-23)27(37)24(20)29(33)38)26(36(4)5)28-25(30(33)39)31(35-41-28)40-18-19-12-9-8-10-13-19;1-25(2,3)34(6,7)33-26-18(14-11-15-19(26)29)21(28(4)5)22-20(23(26)30)24(27-32-22)31-16-17-12-9-8-10-13-17;1-10-12(8-5-9-14-10)13(15)16-11-6-3-2-4-7-11;/h8-15,20,22,26,37H,16-18H2,1-7H3;8-13,15,18,21H,14,16H2,1-7H3;2-9H,1H3;1H4/t20-,22+,26+,33+;18-,21-,26-;;/m10../s1. The molecule has 0 aliphatic heterocycles. The second-order valence-corrected chi connectivity index (χ2v) is 37.4. The Morgan fingerprint density at radius 1 is 0.638 bits per heavy atom. The molecule has 12 rings (SSSR count). The number of ether oxygens (including phenoxy) is 3. The maximum atomic E-state index is 15.1. The van der Waals surface area contributed by atoms with Gasteiger partial charge in [0.2, 0.25) is 17.3 Å². The maximum Gasteiger partial charge on any atom is 0.345 e. The Hall–Kier alpha value is -8.32. The zero-order chi connectivity index (χ0) is 67.2. The Labute approximate surface area is 553 Å². The van der Waals surface area contributed by atoms with Crippen LogP contribution < -0.4 is 14.2 Å². The lowest BCUT2D eigenvalue weighted by Crippen LogP contribution is -2.68. The highest BCUT2D eigenvalue weighted by molar-refractivity contribution is 6.75. The van der Waals surface area contributed by atoms with E-state index < -0.39 is 63.1 Å². The molecule has 19 nitrogen and oxygen atoms in total. The van der Waals surface area contributed by atoms with Gasteiger partial charge in [-0.1, -0.05) is 134 Å². The summed E-state index contributed by atoms with van der Waals surface area (Å²) in [5.74, 6) is -2.08. The maximum absolute atomic E-state index is 15.1. The van der Waals surface area contributed by atoms with Gasteiger partial charge in [0.1, 0.15) is 35.8 Å². The normalized spacial score (nSPS) is 22.2. The van der Waals surface area contributed by atoms with Crippen LogP contribution in [0.2, 0.25) is 36.3 Å². The van der Waals surface area contributed by atoms with Crippen LogP contribution in [0, 0.1) is 24.7 Å². The summed E-state index contributed by atoms with van der Waals surface area (Å²) in [6.07, 6.45) is 8.10. The molecule has 7 atom stereocenters.